The van der Waals surface area contributed by atoms with E-state index in [1.165, 1.54) is 64.7 Å². The Kier molecular flexibility index (Phi) is 7.47. The highest BCUT2D eigenvalue weighted by atomic mass is 32.1. The van der Waals surface area contributed by atoms with Crippen LogP contribution in [0.3, 0.4) is 0 Å². The fourth-order valence-electron chi connectivity index (χ4n) is 9.94. The maximum Gasteiger partial charge on any atom is 0.139 e. The molecule has 4 heteroatoms. The Hall–Kier alpha value is -7.40. The summed E-state index contributed by atoms with van der Waals surface area (Å²) in [4.78, 5) is 4.48. The Morgan fingerprint density at radius 2 is 0.814 bits per heavy atom. The number of benzene rings is 9. The molecule has 2 aliphatic rings. The molecule has 278 valence electrons. The van der Waals surface area contributed by atoms with Crippen molar-refractivity contribution in [2.24, 2.45) is 0 Å². The molecule has 0 unspecified atom stereocenters. The zero-order chi connectivity index (χ0) is 39.1. The van der Waals surface area contributed by atoms with Gasteiger partial charge in [0, 0.05) is 48.6 Å². The second-order valence-electron chi connectivity index (χ2n) is 15.4. The van der Waals surface area contributed by atoms with Crippen molar-refractivity contribution < 1.29 is 5.11 Å². The highest BCUT2D eigenvalue weighted by Crippen LogP contribution is 2.63. The van der Waals surface area contributed by atoms with E-state index < -0.39 is 5.41 Å². The minimum Gasteiger partial charge on any atom is -0.506 e. The first-order valence-electron chi connectivity index (χ1n) is 20.1. The monoisotopic (exact) mass is 772 g/mol. The van der Waals surface area contributed by atoms with Crippen molar-refractivity contribution in [3.8, 4) is 28.0 Å². The third-order valence-electron chi connectivity index (χ3n) is 12.3. The van der Waals surface area contributed by atoms with Crippen molar-refractivity contribution in [3.05, 3.63) is 235 Å². The number of nitrogens with zero attached hydrogens (tertiary/aromatic N) is 2. The van der Waals surface area contributed by atoms with Crippen molar-refractivity contribution in [3.63, 3.8) is 0 Å². The van der Waals surface area contributed by atoms with Crippen LogP contribution in [0.15, 0.2) is 212 Å². The number of hydrogen-bond donors (Lipinski definition) is 1. The number of hydrogen-bond acceptors (Lipinski definition) is 4. The Morgan fingerprint density at radius 3 is 1.49 bits per heavy atom. The molecule has 12 rings (SSSR count). The van der Waals surface area contributed by atoms with Crippen LogP contribution in [0.4, 0.5) is 34.1 Å². The quantitative estimate of drug-likeness (QED) is 0.182. The number of fused-ring (bicyclic) bond motifs is 13. The zero-order valence-corrected chi connectivity index (χ0v) is 32.8. The Morgan fingerprint density at radius 1 is 0.339 bits per heavy atom. The zero-order valence-electron chi connectivity index (χ0n) is 32.0. The van der Waals surface area contributed by atoms with Crippen molar-refractivity contribution in [2.75, 3.05) is 9.80 Å². The molecular weight excluding hydrogens is 737 g/mol. The first-order chi connectivity index (χ1) is 29.2. The summed E-state index contributed by atoms with van der Waals surface area (Å²) < 4.78 is 2.50. The lowest BCUT2D eigenvalue weighted by atomic mass is 9.70. The van der Waals surface area contributed by atoms with Crippen LogP contribution in [0.25, 0.3) is 42.4 Å². The predicted molar refractivity (Wildman–Crippen MR) is 247 cm³/mol. The minimum atomic E-state index is -0.411. The van der Waals surface area contributed by atoms with Crippen LogP contribution in [0, 0.1) is 0 Å². The van der Waals surface area contributed by atoms with Gasteiger partial charge >= 0.3 is 0 Å². The number of thiophene rings is 1. The number of phenolic OH excluding ortho intramolecular Hbond substituents is 1. The Balaban J connectivity index is 1.05. The van der Waals surface area contributed by atoms with Gasteiger partial charge in [0.25, 0.3) is 0 Å². The summed E-state index contributed by atoms with van der Waals surface area (Å²) in [6, 6.07) is 75.9. The summed E-state index contributed by atoms with van der Waals surface area (Å²) in [5.41, 5.74) is 15.6. The van der Waals surface area contributed by atoms with Gasteiger partial charge in [0.15, 0.2) is 0 Å². The van der Waals surface area contributed by atoms with E-state index in [2.05, 4.69) is 192 Å². The van der Waals surface area contributed by atoms with E-state index >= 15 is 0 Å². The highest BCUT2D eigenvalue weighted by Gasteiger charge is 2.51. The topological polar surface area (TPSA) is 26.7 Å². The Labute approximate surface area is 347 Å². The van der Waals surface area contributed by atoms with Crippen molar-refractivity contribution in [1.82, 2.24) is 0 Å². The molecule has 9 aromatic carbocycles. The summed E-state index contributed by atoms with van der Waals surface area (Å²) in [6.07, 6.45) is 0. The standard InChI is InChI=1S/C55H36N2OS/c58-52-31-28-40(35-51(52)57(37-17-5-2-6-18-37)39-29-32-54-46(34-39)44-22-10-14-26-53(44)59-54)56(36-15-3-1-4-16-36)38-27-30-50-45(33-38)43-21-9-13-25-49(43)55(50)47-23-11-7-19-41(47)42-20-8-12-24-48(42)55/h1-35,58H. The smallest absolute Gasteiger partial charge is 0.139 e. The van der Waals surface area contributed by atoms with Crippen LogP contribution in [-0.4, -0.2) is 5.11 Å². The van der Waals surface area contributed by atoms with E-state index in [4.69, 9.17) is 0 Å². The van der Waals surface area contributed by atoms with E-state index in [1.54, 1.807) is 0 Å². The lowest BCUT2D eigenvalue weighted by Crippen LogP contribution is -2.25. The van der Waals surface area contributed by atoms with Gasteiger partial charge in [0.2, 0.25) is 0 Å². The maximum atomic E-state index is 11.9. The molecule has 0 saturated carbocycles. The van der Waals surface area contributed by atoms with E-state index in [0.717, 1.165) is 28.4 Å². The van der Waals surface area contributed by atoms with E-state index in [0.29, 0.717) is 5.69 Å². The molecule has 0 radical (unpaired) electrons. The van der Waals surface area contributed by atoms with Crippen LogP contribution in [0.1, 0.15) is 22.3 Å². The van der Waals surface area contributed by atoms with Gasteiger partial charge < -0.3 is 14.9 Å². The van der Waals surface area contributed by atoms with Crippen molar-refractivity contribution >= 4 is 65.6 Å². The Bertz CT molecular complexity index is 3220. The summed E-state index contributed by atoms with van der Waals surface area (Å²) in [6.45, 7) is 0. The maximum absolute atomic E-state index is 11.9. The van der Waals surface area contributed by atoms with Crippen molar-refractivity contribution in [1.29, 1.82) is 0 Å². The summed E-state index contributed by atoms with van der Waals surface area (Å²) in [7, 11) is 0. The molecule has 0 aliphatic heterocycles. The third-order valence-corrected chi connectivity index (χ3v) is 13.5. The lowest BCUT2D eigenvalue weighted by molar-refractivity contribution is 0.476. The number of rotatable bonds is 6. The number of aromatic hydroxyl groups is 1. The van der Waals surface area contributed by atoms with Gasteiger partial charge in [-0.05, 0) is 123 Å². The molecular formula is C55H36N2OS. The molecule has 0 amide bonds. The predicted octanol–water partition coefficient (Wildman–Crippen LogP) is 15.0. The number of para-hydroxylation sites is 2. The highest BCUT2D eigenvalue weighted by molar-refractivity contribution is 7.25. The fourth-order valence-corrected chi connectivity index (χ4v) is 11.0. The average Bonchev–Trinajstić information content (AvgIpc) is 3.92. The van der Waals surface area contributed by atoms with Gasteiger partial charge in [-0.1, -0.05) is 133 Å². The van der Waals surface area contributed by atoms with Gasteiger partial charge in [-0.3, -0.25) is 0 Å². The van der Waals surface area contributed by atoms with Crippen LogP contribution in [0.5, 0.6) is 5.75 Å². The summed E-state index contributed by atoms with van der Waals surface area (Å²) in [5.74, 6) is 0.198. The fraction of sp³-hybridized carbons (Fsp3) is 0.0182. The molecule has 1 spiro atoms. The molecule has 0 fully saturated rings. The molecule has 3 nitrogen and oxygen atoms in total. The van der Waals surface area contributed by atoms with Gasteiger partial charge in [-0.15, -0.1) is 11.3 Å². The molecule has 0 atom stereocenters. The minimum absolute atomic E-state index is 0.198. The first kappa shape index (κ1) is 33.7. The molecule has 10 aromatic rings. The number of anilines is 6. The molecule has 0 saturated heterocycles. The van der Waals surface area contributed by atoms with Gasteiger partial charge in [-0.2, -0.15) is 0 Å². The van der Waals surface area contributed by atoms with Gasteiger partial charge in [0.05, 0.1) is 11.1 Å². The molecule has 1 heterocycles. The van der Waals surface area contributed by atoms with E-state index in [1.807, 2.05) is 41.7 Å². The summed E-state index contributed by atoms with van der Waals surface area (Å²) in [5, 5.41) is 14.3. The SMILES string of the molecule is Oc1ccc(N(c2ccccc2)c2ccc3c(c2)-c2ccccc2C32c3ccccc3-c3ccccc32)cc1N(c1ccccc1)c1ccc2sc3ccccc3c2c1. The molecule has 2 aliphatic carbocycles. The van der Waals surface area contributed by atoms with E-state index in [9.17, 15) is 5.11 Å². The van der Waals surface area contributed by atoms with Gasteiger partial charge in [-0.25, -0.2) is 0 Å². The van der Waals surface area contributed by atoms with Crippen LogP contribution < -0.4 is 9.80 Å². The normalized spacial score (nSPS) is 12.9. The van der Waals surface area contributed by atoms with Crippen LogP contribution >= 0.6 is 11.3 Å². The lowest BCUT2D eigenvalue weighted by Gasteiger charge is -2.32. The second kappa shape index (κ2) is 13.1. The first-order valence-corrected chi connectivity index (χ1v) is 20.9. The second-order valence-corrected chi connectivity index (χ2v) is 16.5. The molecule has 1 aromatic heterocycles. The average molecular weight is 773 g/mol. The van der Waals surface area contributed by atoms with Crippen molar-refractivity contribution in [2.45, 2.75) is 5.41 Å². The third kappa shape index (κ3) is 4.94. The molecule has 0 bridgehead atoms. The summed E-state index contributed by atoms with van der Waals surface area (Å²) >= 11 is 1.81. The molecule has 59 heavy (non-hydrogen) atoms. The van der Waals surface area contributed by atoms with Gasteiger partial charge in [0.1, 0.15) is 5.75 Å². The molecule has 1 N–H and O–H groups in total. The van der Waals surface area contributed by atoms with E-state index in [-0.39, 0.29) is 5.75 Å². The van der Waals surface area contributed by atoms with Crippen LogP contribution in [-0.2, 0) is 5.41 Å². The largest absolute Gasteiger partial charge is 0.506 e. The van der Waals surface area contributed by atoms with Crippen LogP contribution in [0.2, 0.25) is 0 Å². The number of phenols is 1.